The van der Waals surface area contributed by atoms with Crippen molar-refractivity contribution in [2.24, 2.45) is 0 Å². The molecule has 0 radical (unpaired) electrons. The molecule has 0 aromatic carbocycles. The molecule has 1 unspecified atom stereocenters. The lowest BCUT2D eigenvalue weighted by Crippen LogP contribution is -2.40. The predicted molar refractivity (Wildman–Crippen MR) is 53.9 cm³/mol. The van der Waals surface area contributed by atoms with E-state index in [1.54, 1.807) is 0 Å². The van der Waals surface area contributed by atoms with Gasteiger partial charge in [0.05, 0.1) is 0 Å². The van der Waals surface area contributed by atoms with Crippen LogP contribution in [0.5, 0.6) is 0 Å². The van der Waals surface area contributed by atoms with Crippen LogP contribution in [0, 0.1) is 0 Å². The standard InChI is InChI=1S/C10H17NO3/c1-3-5-7-8(10(13)14)11-9(12)6-4-2/h4,8H,2-3,5-7H2,1H3,(H,11,12)(H,13,14). The van der Waals surface area contributed by atoms with Crippen LogP contribution < -0.4 is 5.32 Å². The van der Waals surface area contributed by atoms with Gasteiger partial charge in [0.25, 0.3) is 0 Å². The topological polar surface area (TPSA) is 66.4 Å². The molecule has 1 atom stereocenters. The third-order valence-electron chi connectivity index (χ3n) is 1.81. The SMILES string of the molecule is C=CCC(=O)NC(CCCC)C(=O)O. The molecule has 0 aromatic heterocycles. The molecule has 0 bridgehead atoms. The summed E-state index contributed by atoms with van der Waals surface area (Å²) in [6, 6.07) is -0.762. The predicted octanol–water partition coefficient (Wildman–Crippen LogP) is 1.32. The molecule has 2 N–H and O–H groups in total. The third-order valence-corrected chi connectivity index (χ3v) is 1.81. The first kappa shape index (κ1) is 12.7. The molecule has 0 spiro atoms. The van der Waals surface area contributed by atoms with Crippen LogP contribution in [0.15, 0.2) is 12.7 Å². The summed E-state index contributed by atoms with van der Waals surface area (Å²) >= 11 is 0. The average Bonchev–Trinajstić information content (AvgIpc) is 2.12. The number of aliphatic carboxylic acids is 1. The summed E-state index contributed by atoms with van der Waals surface area (Å²) in [7, 11) is 0. The Morgan fingerprint density at radius 2 is 2.21 bits per heavy atom. The van der Waals surface area contributed by atoms with Gasteiger partial charge in [-0.3, -0.25) is 4.79 Å². The Balaban J connectivity index is 4.01. The van der Waals surface area contributed by atoms with Crippen molar-refractivity contribution in [3.05, 3.63) is 12.7 Å². The largest absolute Gasteiger partial charge is 0.480 e. The van der Waals surface area contributed by atoms with Gasteiger partial charge < -0.3 is 10.4 Å². The maximum atomic E-state index is 11.1. The Bertz CT molecular complexity index is 213. The van der Waals surface area contributed by atoms with E-state index in [9.17, 15) is 9.59 Å². The fourth-order valence-electron chi connectivity index (χ4n) is 1.05. The molecule has 0 fully saturated rings. The van der Waals surface area contributed by atoms with Crippen LogP contribution in [0.25, 0.3) is 0 Å². The minimum Gasteiger partial charge on any atom is -0.480 e. The van der Waals surface area contributed by atoms with Gasteiger partial charge in [-0.2, -0.15) is 0 Å². The van der Waals surface area contributed by atoms with Crippen LogP contribution in [0.4, 0.5) is 0 Å². The number of amides is 1. The molecular weight excluding hydrogens is 182 g/mol. The monoisotopic (exact) mass is 199 g/mol. The second kappa shape index (κ2) is 7.12. The molecule has 1 amide bonds. The normalized spacial score (nSPS) is 11.8. The van der Waals surface area contributed by atoms with Crippen LogP contribution in [0.2, 0.25) is 0 Å². The van der Waals surface area contributed by atoms with E-state index in [0.717, 1.165) is 12.8 Å². The minimum absolute atomic E-state index is 0.163. The summed E-state index contributed by atoms with van der Waals surface area (Å²) < 4.78 is 0. The Kier molecular flexibility index (Phi) is 6.45. The maximum absolute atomic E-state index is 11.1. The summed E-state index contributed by atoms with van der Waals surface area (Å²) in [5.41, 5.74) is 0. The number of carboxylic acid groups (broad SMARTS) is 1. The number of unbranched alkanes of at least 4 members (excludes halogenated alkanes) is 1. The lowest BCUT2D eigenvalue weighted by Gasteiger charge is -2.12. The number of carboxylic acids is 1. The number of nitrogens with one attached hydrogen (secondary N) is 1. The van der Waals surface area contributed by atoms with Crippen LogP contribution >= 0.6 is 0 Å². The summed E-state index contributed by atoms with van der Waals surface area (Å²) in [5.74, 6) is -1.26. The zero-order valence-corrected chi connectivity index (χ0v) is 8.45. The molecule has 4 heteroatoms. The molecule has 0 saturated heterocycles. The molecular formula is C10H17NO3. The zero-order valence-electron chi connectivity index (χ0n) is 8.45. The molecule has 4 nitrogen and oxygen atoms in total. The highest BCUT2D eigenvalue weighted by molar-refractivity contribution is 5.84. The first-order valence-electron chi connectivity index (χ1n) is 4.74. The van der Waals surface area contributed by atoms with E-state index in [1.807, 2.05) is 6.92 Å². The van der Waals surface area contributed by atoms with Crippen molar-refractivity contribution in [3.63, 3.8) is 0 Å². The summed E-state index contributed by atoms with van der Waals surface area (Å²) in [6.45, 7) is 5.38. The van der Waals surface area contributed by atoms with Gasteiger partial charge in [-0.05, 0) is 6.42 Å². The second-order valence-electron chi connectivity index (χ2n) is 3.09. The molecule has 0 saturated carbocycles. The number of carbonyl (C=O) groups is 2. The Morgan fingerprint density at radius 3 is 2.64 bits per heavy atom. The van der Waals surface area contributed by atoms with E-state index in [-0.39, 0.29) is 12.3 Å². The van der Waals surface area contributed by atoms with Gasteiger partial charge in [0.15, 0.2) is 0 Å². The van der Waals surface area contributed by atoms with E-state index in [1.165, 1.54) is 6.08 Å². The first-order chi connectivity index (χ1) is 6.61. The van der Waals surface area contributed by atoms with Crippen molar-refractivity contribution in [1.82, 2.24) is 5.32 Å². The highest BCUT2D eigenvalue weighted by atomic mass is 16.4. The number of rotatable bonds is 7. The Hall–Kier alpha value is -1.32. The molecule has 0 aliphatic heterocycles. The lowest BCUT2D eigenvalue weighted by atomic mass is 10.1. The van der Waals surface area contributed by atoms with Gasteiger partial charge in [0.2, 0.25) is 5.91 Å². The number of hydrogen-bond acceptors (Lipinski definition) is 2. The van der Waals surface area contributed by atoms with E-state index in [0.29, 0.717) is 6.42 Å². The second-order valence-corrected chi connectivity index (χ2v) is 3.09. The van der Waals surface area contributed by atoms with Crippen LogP contribution in [-0.2, 0) is 9.59 Å². The van der Waals surface area contributed by atoms with Crippen molar-refractivity contribution in [2.75, 3.05) is 0 Å². The first-order valence-corrected chi connectivity index (χ1v) is 4.74. The van der Waals surface area contributed by atoms with Crippen molar-refractivity contribution in [2.45, 2.75) is 38.6 Å². The Morgan fingerprint density at radius 1 is 1.57 bits per heavy atom. The van der Waals surface area contributed by atoms with Crippen LogP contribution in [-0.4, -0.2) is 23.0 Å². The minimum atomic E-state index is -0.976. The molecule has 0 aliphatic carbocycles. The Labute approximate surface area is 84.0 Å². The van der Waals surface area contributed by atoms with Gasteiger partial charge in [0.1, 0.15) is 6.04 Å². The van der Waals surface area contributed by atoms with Gasteiger partial charge in [-0.25, -0.2) is 4.79 Å². The summed E-state index contributed by atoms with van der Waals surface area (Å²) in [6.07, 6.45) is 3.81. The van der Waals surface area contributed by atoms with E-state index in [2.05, 4.69) is 11.9 Å². The van der Waals surface area contributed by atoms with Gasteiger partial charge in [-0.1, -0.05) is 25.8 Å². The molecule has 0 heterocycles. The maximum Gasteiger partial charge on any atom is 0.326 e. The number of carbonyl (C=O) groups excluding carboxylic acids is 1. The lowest BCUT2D eigenvalue weighted by molar-refractivity contribution is -0.141. The fourth-order valence-corrected chi connectivity index (χ4v) is 1.05. The fraction of sp³-hybridized carbons (Fsp3) is 0.600. The molecule has 0 aromatic rings. The quantitative estimate of drug-likeness (QED) is 0.608. The zero-order chi connectivity index (χ0) is 11.0. The van der Waals surface area contributed by atoms with Gasteiger partial charge >= 0.3 is 5.97 Å². The van der Waals surface area contributed by atoms with Crippen molar-refractivity contribution in [3.8, 4) is 0 Å². The summed E-state index contributed by atoms with van der Waals surface area (Å²) in [5, 5.41) is 11.2. The van der Waals surface area contributed by atoms with Crippen molar-refractivity contribution < 1.29 is 14.7 Å². The van der Waals surface area contributed by atoms with Crippen molar-refractivity contribution >= 4 is 11.9 Å². The summed E-state index contributed by atoms with van der Waals surface area (Å²) in [4.78, 5) is 21.8. The van der Waals surface area contributed by atoms with E-state index in [4.69, 9.17) is 5.11 Å². The molecule has 80 valence electrons. The average molecular weight is 199 g/mol. The third kappa shape index (κ3) is 5.35. The van der Waals surface area contributed by atoms with E-state index < -0.39 is 12.0 Å². The number of hydrogen-bond donors (Lipinski definition) is 2. The van der Waals surface area contributed by atoms with Gasteiger partial charge in [-0.15, -0.1) is 6.58 Å². The molecule has 0 aliphatic rings. The highest BCUT2D eigenvalue weighted by Crippen LogP contribution is 2.01. The van der Waals surface area contributed by atoms with Gasteiger partial charge in [0, 0.05) is 6.42 Å². The molecule has 14 heavy (non-hydrogen) atoms. The van der Waals surface area contributed by atoms with E-state index >= 15 is 0 Å². The van der Waals surface area contributed by atoms with Crippen LogP contribution in [0.3, 0.4) is 0 Å². The highest BCUT2D eigenvalue weighted by Gasteiger charge is 2.17. The van der Waals surface area contributed by atoms with Crippen molar-refractivity contribution in [1.29, 1.82) is 0 Å². The van der Waals surface area contributed by atoms with Crippen LogP contribution in [0.1, 0.15) is 32.6 Å². The smallest absolute Gasteiger partial charge is 0.326 e. The molecule has 0 rings (SSSR count).